The van der Waals surface area contributed by atoms with E-state index < -0.39 is 0 Å². The largest absolute Gasteiger partial charge is 0.353 e. The van der Waals surface area contributed by atoms with Gasteiger partial charge in [0.15, 0.2) is 0 Å². The molecule has 1 aromatic carbocycles. The van der Waals surface area contributed by atoms with E-state index in [9.17, 15) is 9.59 Å². The molecule has 2 heterocycles. The van der Waals surface area contributed by atoms with Gasteiger partial charge in [-0.15, -0.1) is 0 Å². The minimum absolute atomic E-state index is 0.00355. The second-order valence-corrected chi connectivity index (χ2v) is 6.94. The van der Waals surface area contributed by atoms with Crippen molar-refractivity contribution in [1.29, 1.82) is 0 Å². The van der Waals surface area contributed by atoms with Crippen molar-refractivity contribution < 1.29 is 9.59 Å². The predicted molar refractivity (Wildman–Crippen MR) is 101 cm³/mol. The molecule has 0 aliphatic carbocycles. The van der Waals surface area contributed by atoms with Crippen LogP contribution in [0.15, 0.2) is 48.8 Å². The number of carbonyl (C=O) groups excluding carboxylic acids is 2. The van der Waals surface area contributed by atoms with E-state index in [1.807, 2.05) is 29.2 Å². The summed E-state index contributed by atoms with van der Waals surface area (Å²) in [6, 6.07) is 11.2. The van der Waals surface area contributed by atoms with Gasteiger partial charge in [0.2, 0.25) is 5.91 Å². The summed E-state index contributed by atoms with van der Waals surface area (Å²) in [6.07, 6.45) is 5.90. The summed E-state index contributed by atoms with van der Waals surface area (Å²) >= 11 is 5.96. The third-order valence-corrected chi connectivity index (χ3v) is 4.82. The maximum atomic E-state index is 12.4. The lowest BCUT2D eigenvalue weighted by atomic mass is 10.0. The van der Waals surface area contributed by atoms with Gasteiger partial charge < -0.3 is 10.2 Å². The van der Waals surface area contributed by atoms with E-state index >= 15 is 0 Å². The quantitative estimate of drug-likeness (QED) is 0.878. The summed E-state index contributed by atoms with van der Waals surface area (Å²) in [6.45, 7) is 1.29. The van der Waals surface area contributed by atoms with E-state index in [4.69, 9.17) is 11.6 Å². The van der Waals surface area contributed by atoms with Crippen molar-refractivity contribution in [2.45, 2.75) is 31.7 Å². The molecule has 0 radical (unpaired) electrons. The topological polar surface area (TPSA) is 62.3 Å². The Morgan fingerprint density at radius 2 is 2.00 bits per heavy atom. The van der Waals surface area contributed by atoms with Gasteiger partial charge in [-0.25, -0.2) is 0 Å². The number of amides is 2. The zero-order valence-electron chi connectivity index (χ0n) is 14.5. The van der Waals surface area contributed by atoms with Crippen molar-refractivity contribution in [3.05, 3.63) is 64.9 Å². The van der Waals surface area contributed by atoms with Gasteiger partial charge in [-0.3, -0.25) is 14.6 Å². The highest BCUT2D eigenvalue weighted by molar-refractivity contribution is 6.30. The predicted octanol–water partition coefficient (Wildman–Crippen LogP) is 3.09. The Labute approximate surface area is 158 Å². The summed E-state index contributed by atoms with van der Waals surface area (Å²) in [5.41, 5.74) is 1.67. The molecule has 0 saturated carbocycles. The van der Waals surface area contributed by atoms with Gasteiger partial charge in [0, 0.05) is 43.0 Å². The van der Waals surface area contributed by atoms with Gasteiger partial charge in [0.1, 0.15) is 0 Å². The first-order valence-corrected chi connectivity index (χ1v) is 9.23. The second kappa shape index (κ2) is 8.81. The number of nitrogens with one attached hydrogen (secondary N) is 1. The van der Waals surface area contributed by atoms with Crippen LogP contribution in [-0.4, -0.2) is 40.8 Å². The number of carbonyl (C=O) groups is 2. The summed E-state index contributed by atoms with van der Waals surface area (Å²) in [5.74, 6) is 0.0471. The summed E-state index contributed by atoms with van der Waals surface area (Å²) in [7, 11) is 0. The molecular formula is C20H22ClN3O2. The van der Waals surface area contributed by atoms with Gasteiger partial charge in [-0.05, 0) is 49.1 Å². The molecule has 2 amide bonds. The first kappa shape index (κ1) is 18.4. The Morgan fingerprint density at radius 3 is 2.69 bits per heavy atom. The SMILES string of the molecule is O=C(CCc1cccc(Cl)c1)NC1CCN(C(=O)c2cccnc2)CC1. The number of piperidine rings is 1. The first-order chi connectivity index (χ1) is 12.6. The molecule has 26 heavy (non-hydrogen) atoms. The van der Waals surface area contributed by atoms with Crippen LogP contribution in [0, 0.1) is 0 Å². The lowest BCUT2D eigenvalue weighted by molar-refractivity contribution is -0.122. The molecule has 1 N–H and O–H groups in total. The molecule has 1 aromatic heterocycles. The zero-order chi connectivity index (χ0) is 18.4. The highest BCUT2D eigenvalue weighted by Gasteiger charge is 2.24. The van der Waals surface area contributed by atoms with Crippen LogP contribution in [0.5, 0.6) is 0 Å². The van der Waals surface area contributed by atoms with Crippen LogP contribution in [0.2, 0.25) is 5.02 Å². The Kier molecular flexibility index (Phi) is 6.23. The maximum absolute atomic E-state index is 12.4. The van der Waals surface area contributed by atoms with E-state index in [2.05, 4.69) is 10.3 Å². The van der Waals surface area contributed by atoms with E-state index in [0.29, 0.717) is 36.5 Å². The molecule has 1 fully saturated rings. The fourth-order valence-electron chi connectivity index (χ4n) is 3.15. The number of likely N-dealkylation sites (tertiary alicyclic amines) is 1. The number of nitrogens with zero attached hydrogens (tertiary/aromatic N) is 2. The van der Waals surface area contributed by atoms with E-state index in [-0.39, 0.29) is 17.9 Å². The average Bonchev–Trinajstić information content (AvgIpc) is 2.67. The van der Waals surface area contributed by atoms with Crippen LogP contribution in [0.1, 0.15) is 35.2 Å². The smallest absolute Gasteiger partial charge is 0.255 e. The van der Waals surface area contributed by atoms with Gasteiger partial charge in [0.05, 0.1) is 5.56 Å². The van der Waals surface area contributed by atoms with Gasteiger partial charge in [-0.2, -0.15) is 0 Å². The lowest BCUT2D eigenvalue weighted by Crippen LogP contribution is -2.46. The van der Waals surface area contributed by atoms with E-state index in [1.165, 1.54) is 0 Å². The fraction of sp³-hybridized carbons (Fsp3) is 0.350. The van der Waals surface area contributed by atoms with Crippen molar-refractivity contribution in [3.63, 3.8) is 0 Å². The molecule has 6 heteroatoms. The molecule has 1 aliphatic heterocycles. The molecule has 1 aliphatic rings. The number of benzene rings is 1. The third-order valence-electron chi connectivity index (χ3n) is 4.59. The normalized spacial score (nSPS) is 14.9. The van der Waals surface area contributed by atoms with Crippen LogP contribution in [-0.2, 0) is 11.2 Å². The molecule has 1 saturated heterocycles. The Bertz CT molecular complexity index is 759. The molecule has 0 atom stereocenters. The zero-order valence-corrected chi connectivity index (χ0v) is 15.3. The van der Waals surface area contributed by atoms with Crippen LogP contribution < -0.4 is 5.32 Å². The number of hydrogen-bond acceptors (Lipinski definition) is 3. The first-order valence-electron chi connectivity index (χ1n) is 8.85. The molecule has 0 bridgehead atoms. The minimum atomic E-state index is 0.00355. The monoisotopic (exact) mass is 371 g/mol. The molecule has 5 nitrogen and oxygen atoms in total. The highest BCUT2D eigenvalue weighted by atomic mass is 35.5. The number of hydrogen-bond donors (Lipinski definition) is 1. The molecule has 0 unspecified atom stereocenters. The number of pyridine rings is 1. The van der Waals surface area contributed by atoms with Crippen LogP contribution in [0.25, 0.3) is 0 Å². The van der Waals surface area contributed by atoms with Crippen LogP contribution >= 0.6 is 11.6 Å². The van der Waals surface area contributed by atoms with Crippen molar-refractivity contribution in [1.82, 2.24) is 15.2 Å². The Morgan fingerprint density at radius 1 is 1.19 bits per heavy atom. The Balaban J connectivity index is 1.42. The molecule has 3 rings (SSSR count). The number of rotatable bonds is 5. The lowest BCUT2D eigenvalue weighted by Gasteiger charge is -2.32. The molecular weight excluding hydrogens is 350 g/mol. The van der Waals surface area contributed by atoms with Gasteiger partial charge in [-0.1, -0.05) is 23.7 Å². The van der Waals surface area contributed by atoms with Crippen LogP contribution in [0.4, 0.5) is 0 Å². The van der Waals surface area contributed by atoms with Crippen molar-refractivity contribution in [2.24, 2.45) is 0 Å². The van der Waals surface area contributed by atoms with Crippen LogP contribution in [0.3, 0.4) is 0 Å². The van der Waals surface area contributed by atoms with E-state index in [1.54, 1.807) is 24.5 Å². The van der Waals surface area contributed by atoms with Crippen molar-refractivity contribution in [2.75, 3.05) is 13.1 Å². The maximum Gasteiger partial charge on any atom is 0.255 e. The summed E-state index contributed by atoms with van der Waals surface area (Å²) in [4.78, 5) is 30.4. The number of aromatic nitrogens is 1. The number of aryl methyl sites for hydroxylation is 1. The van der Waals surface area contributed by atoms with E-state index in [0.717, 1.165) is 18.4 Å². The highest BCUT2D eigenvalue weighted by Crippen LogP contribution is 2.15. The fourth-order valence-corrected chi connectivity index (χ4v) is 3.36. The molecule has 0 spiro atoms. The minimum Gasteiger partial charge on any atom is -0.353 e. The van der Waals surface area contributed by atoms with Gasteiger partial charge >= 0.3 is 0 Å². The molecule has 136 valence electrons. The van der Waals surface area contributed by atoms with Crippen molar-refractivity contribution in [3.8, 4) is 0 Å². The average molecular weight is 372 g/mol. The number of halogens is 1. The van der Waals surface area contributed by atoms with Crippen molar-refractivity contribution >= 4 is 23.4 Å². The third kappa shape index (κ3) is 5.05. The summed E-state index contributed by atoms with van der Waals surface area (Å²) in [5, 5.41) is 3.77. The standard InChI is InChI=1S/C20H22ClN3O2/c21-17-5-1-3-15(13-17)6-7-19(25)23-18-8-11-24(12-9-18)20(26)16-4-2-10-22-14-16/h1-5,10,13-14,18H,6-9,11-12H2,(H,23,25). The Hall–Kier alpha value is -2.40. The van der Waals surface area contributed by atoms with Gasteiger partial charge in [0.25, 0.3) is 5.91 Å². The summed E-state index contributed by atoms with van der Waals surface area (Å²) < 4.78 is 0. The molecule has 2 aromatic rings. The second-order valence-electron chi connectivity index (χ2n) is 6.51.